The first-order valence-corrected chi connectivity index (χ1v) is 25.2. The first kappa shape index (κ1) is 53.6. The zero-order chi connectivity index (χ0) is 48.2. The SMILES string of the molecule is CC(=O)N1CCC[C@H]1C(=O)N[C@@H](CC(C)C)C(=O)C[C@@H](Cc1cncn1CCCCCCCCc1ccccc1)C(=O)N[C@@H](CO)C(=O)C[C@@H](C(N)=O)[C@H](Cc1ccccc1)CP(=O)(O)O. The van der Waals surface area contributed by atoms with Crippen LogP contribution < -0.4 is 16.4 Å². The number of hydrogen-bond acceptors (Lipinski definition) is 9. The lowest BCUT2D eigenvalue weighted by atomic mass is 9.83. The van der Waals surface area contributed by atoms with E-state index in [0.29, 0.717) is 37.2 Å². The zero-order valence-corrected chi connectivity index (χ0v) is 39.7. The Hall–Kier alpha value is -5.02. The summed E-state index contributed by atoms with van der Waals surface area (Å²) in [4.78, 5) is 107. The molecule has 66 heavy (non-hydrogen) atoms. The minimum Gasteiger partial charge on any atom is -0.394 e. The third-order valence-electron chi connectivity index (χ3n) is 12.5. The van der Waals surface area contributed by atoms with Crippen molar-refractivity contribution in [2.24, 2.45) is 29.4 Å². The molecule has 2 aromatic carbocycles. The number of aryl methyl sites for hydroxylation is 2. The van der Waals surface area contributed by atoms with Crippen molar-refractivity contribution in [1.29, 1.82) is 0 Å². The third-order valence-corrected chi connectivity index (χ3v) is 13.4. The molecule has 1 aromatic heterocycles. The number of hydrogen-bond donors (Lipinski definition) is 6. The van der Waals surface area contributed by atoms with E-state index in [9.17, 15) is 48.2 Å². The fraction of sp³-hybridized carbons (Fsp3) is 0.571. The van der Waals surface area contributed by atoms with Gasteiger partial charge in [-0.1, -0.05) is 100 Å². The van der Waals surface area contributed by atoms with Gasteiger partial charge in [-0.3, -0.25) is 33.3 Å². The number of aromatic nitrogens is 2. The molecule has 1 fully saturated rings. The predicted octanol–water partition coefficient (Wildman–Crippen LogP) is 4.70. The lowest BCUT2D eigenvalue weighted by Crippen LogP contribution is -2.52. The van der Waals surface area contributed by atoms with Crippen molar-refractivity contribution in [3.8, 4) is 0 Å². The Morgan fingerprint density at radius 2 is 1.45 bits per heavy atom. The number of aliphatic hydroxyl groups is 1. The minimum atomic E-state index is -4.69. The third kappa shape index (κ3) is 18.0. The van der Waals surface area contributed by atoms with Crippen molar-refractivity contribution in [3.63, 3.8) is 0 Å². The van der Waals surface area contributed by atoms with E-state index in [2.05, 4.69) is 39.9 Å². The molecule has 1 aliphatic rings. The molecule has 2 heterocycles. The first-order valence-electron chi connectivity index (χ1n) is 23.4. The van der Waals surface area contributed by atoms with Crippen molar-refractivity contribution >= 4 is 42.8 Å². The molecule has 0 aliphatic carbocycles. The number of nitrogens with two attached hydrogens (primary N) is 1. The molecule has 0 bridgehead atoms. The summed E-state index contributed by atoms with van der Waals surface area (Å²) >= 11 is 0. The molecule has 3 aromatic rings. The maximum absolute atomic E-state index is 14.4. The van der Waals surface area contributed by atoms with Gasteiger partial charge in [0.1, 0.15) is 12.1 Å². The quantitative estimate of drug-likeness (QED) is 0.0395. The number of likely N-dealkylation sites (tertiary alicyclic amines) is 1. The number of rotatable bonds is 30. The number of amides is 4. The molecule has 0 spiro atoms. The molecule has 1 aliphatic heterocycles. The van der Waals surface area contributed by atoms with Crippen LogP contribution in [-0.2, 0) is 59.1 Å². The van der Waals surface area contributed by atoms with Gasteiger partial charge in [-0.2, -0.15) is 0 Å². The van der Waals surface area contributed by atoms with Crippen LogP contribution in [0.5, 0.6) is 0 Å². The number of primary amides is 1. The Morgan fingerprint density at radius 1 is 0.833 bits per heavy atom. The minimum absolute atomic E-state index is 0.0250. The van der Waals surface area contributed by atoms with Gasteiger partial charge in [0.05, 0.1) is 31.1 Å². The lowest BCUT2D eigenvalue weighted by molar-refractivity contribution is -0.138. The van der Waals surface area contributed by atoms with Crippen LogP contribution in [0, 0.1) is 23.7 Å². The highest BCUT2D eigenvalue weighted by atomic mass is 31.2. The van der Waals surface area contributed by atoms with E-state index in [-0.39, 0.29) is 37.5 Å². The van der Waals surface area contributed by atoms with Crippen LogP contribution in [0.1, 0.15) is 108 Å². The van der Waals surface area contributed by atoms with Gasteiger partial charge >= 0.3 is 7.60 Å². The van der Waals surface area contributed by atoms with E-state index < -0.39 is 92.0 Å². The standard InChI is InChI=1S/C49H71N6O10P/c1-34(2)25-42(52-49(62)44-22-16-24-55(44)35(3)57)45(58)28-38(27-40-30-51-33-54(40)23-15-7-5-4-6-10-17-36-18-11-8-12-19-36)48(61)53-43(31-56)46(59)29-41(47(50)60)39(32-66(63,64)65)26-37-20-13-9-14-21-37/h8-9,11-14,18-21,30,33-34,38-39,41-44,56H,4-7,10,15-17,22-29,31-32H2,1-3H3,(H2,50,60)(H,52,62)(H,53,61)(H2,63,64,65)/t38-,39-,41-,42+,43+,44+/m1/s1. The van der Waals surface area contributed by atoms with E-state index in [1.165, 1.54) is 17.4 Å². The van der Waals surface area contributed by atoms with Crippen LogP contribution in [0.2, 0.25) is 0 Å². The van der Waals surface area contributed by atoms with Gasteiger partial charge in [0, 0.05) is 57.1 Å². The molecule has 7 N–H and O–H groups in total. The summed E-state index contributed by atoms with van der Waals surface area (Å²) < 4.78 is 14.2. The number of carbonyl (C=O) groups excluding carboxylic acids is 6. The predicted molar refractivity (Wildman–Crippen MR) is 251 cm³/mol. The zero-order valence-electron chi connectivity index (χ0n) is 38.8. The molecule has 16 nitrogen and oxygen atoms in total. The fourth-order valence-corrected chi connectivity index (χ4v) is 9.93. The Balaban J connectivity index is 1.51. The van der Waals surface area contributed by atoms with E-state index in [1.807, 2.05) is 24.5 Å². The Bertz CT molecular complexity index is 2080. The maximum Gasteiger partial charge on any atom is 0.325 e. The monoisotopic (exact) mass is 934 g/mol. The van der Waals surface area contributed by atoms with Gasteiger partial charge < -0.3 is 40.7 Å². The number of Topliss-reactive ketones (excluding diaryl/α,β-unsaturated/α-hetero) is 2. The molecule has 362 valence electrons. The van der Waals surface area contributed by atoms with Crippen LogP contribution in [0.25, 0.3) is 0 Å². The van der Waals surface area contributed by atoms with Crippen LogP contribution in [0.15, 0.2) is 73.2 Å². The molecule has 0 unspecified atom stereocenters. The smallest absolute Gasteiger partial charge is 0.325 e. The van der Waals surface area contributed by atoms with Crippen molar-refractivity contribution in [3.05, 3.63) is 90.0 Å². The lowest BCUT2D eigenvalue weighted by Gasteiger charge is -2.28. The number of unbranched alkanes of at least 4 members (excludes halogenated alkanes) is 5. The van der Waals surface area contributed by atoms with Crippen LogP contribution in [-0.4, -0.2) is 102 Å². The summed E-state index contributed by atoms with van der Waals surface area (Å²) in [6.07, 6.45) is 10.3. The average Bonchev–Trinajstić information content (AvgIpc) is 3.95. The van der Waals surface area contributed by atoms with Gasteiger partial charge in [0.15, 0.2) is 11.6 Å². The first-order chi connectivity index (χ1) is 31.4. The van der Waals surface area contributed by atoms with E-state index in [4.69, 9.17) is 5.73 Å². The fourth-order valence-electron chi connectivity index (χ4n) is 8.94. The van der Waals surface area contributed by atoms with Gasteiger partial charge in [-0.25, -0.2) is 4.98 Å². The molecule has 17 heteroatoms. The number of ketones is 2. The van der Waals surface area contributed by atoms with Crippen molar-refractivity contribution in [2.75, 3.05) is 19.3 Å². The second-order valence-corrected chi connectivity index (χ2v) is 20.0. The summed E-state index contributed by atoms with van der Waals surface area (Å²) in [7, 11) is -4.69. The molecular weight excluding hydrogens is 864 g/mol. The Morgan fingerprint density at radius 3 is 2.06 bits per heavy atom. The van der Waals surface area contributed by atoms with E-state index >= 15 is 0 Å². The highest BCUT2D eigenvalue weighted by Crippen LogP contribution is 2.41. The van der Waals surface area contributed by atoms with E-state index in [0.717, 1.165) is 44.9 Å². The normalized spacial score (nSPS) is 16.3. The molecule has 0 radical (unpaired) electrons. The highest BCUT2D eigenvalue weighted by molar-refractivity contribution is 7.51. The van der Waals surface area contributed by atoms with Gasteiger partial charge in [0.2, 0.25) is 23.6 Å². The van der Waals surface area contributed by atoms with Gasteiger partial charge in [-0.05, 0) is 67.9 Å². The second-order valence-electron chi connectivity index (χ2n) is 18.3. The second kappa shape index (κ2) is 27.0. The number of nitrogens with one attached hydrogen (secondary N) is 2. The van der Waals surface area contributed by atoms with Crippen LogP contribution in [0.3, 0.4) is 0 Å². The van der Waals surface area contributed by atoms with E-state index in [1.54, 1.807) is 42.9 Å². The Kier molecular flexibility index (Phi) is 21.9. The molecule has 6 atom stereocenters. The Labute approximate surface area is 389 Å². The topological polar surface area (TPSA) is 251 Å². The maximum atomic E-state index is 14.4. The summed E-state index contributed by atoms with van der Waals surface area (Å²) in [6.45, 7) is 5.38. The van der Waals surface area contributed by atoms with Crippen LogP contribution in [0.4, 0.5) is 0 Å². The molecule has 4 amide bonds. The number of benzene rings is 2. The summed E-state index contributed by atoms with van der Waals surface area (Å²) in [5.74, 6) is -7.14. The van der Waals surface area contributed by atoms with Crippen molar-refractivity contribution in [2.45, 2.75) is 135 Å². The summed E-state index contributed by atoms with van der Waals surface area (Å²) in [6, 6.07) is 15.8. The summed E-state index contributed by atoms with van der Waals surface area (Å²) in [5, 5.41) is 15.9. The molecule has 1 saturated heterocycles. The van der Waals surface area contributed by atoms with Gasteiger partial charge in [-0.15, -0.1) is 0 Å². The van der Waals surface area contributed by atoms with Crippen molar-refractivity contribution < 1.29 is 48.2 Å². The average molecular weight is 935 g/mol. The molecule has 4 rings (SSSR count). The molecule has 0 saturated carbocycles. The van der Waals surface area contributed by atoms with Crippen LogP contribution >= 0.6 is 7.60 Å². The number of aliphatic hydroxyl groups excluding tert-OH is 1. The largest absolute Gasteiger partial charge is 0.394 e. The molecular formula is C49H71N6O10P. The number of carbonyl (C=O) groups is 6. The number of imidazole rings is 1. The highest BCUT2D eigenvalue weighted by Gasteiger charge is 2.38. The number of nitrogens with zero attached hydrogens (tertiary/aromatic N) is 3. The van der Waals surface area contributed by atoms with Crippen molar-refractivity contribution in [1.82, 2.24) is 25.1 Å². The van der Waals surface area contributed by atoms with Gasteiger partial charge in [0.25, 0.3) is 0 Å². The summed E-state index contributed by atoms with van der Waals surface area (Å²) in [5.41, 5.74) is 8.42.